The topological polar surface area (TPSA) is 84.9 Å². The molecule has 1 rings (SSSR count). The second-order valence-corrected chi connectivity index (χ2v) is 4.79. The molecule has 6 heteroatoms. The van der Waals surface area contributed by atoms with Crippen LogP contribution in [0.4, 0.5) is 0 Å². The van der Waals surface area contributed by atoms with Crippen LogP contribution >= 0.6 is 0 Å². The van der Waals surface area contributed by atoms with Crippen molar-refractivity contribution in [2.75, 3.05) is 19.8 Å². The van der Waals surface area contributed by atoms with Crippen molar-refractivity contribution in [2.45, 2.75) is 26.4 Å². The first-order valence-electron chi connectivity index (χ1n) is 6.79. The second-order valence-electron chi connectivity index (χ2n) is 4.79. The Balaban J connectivity index is 2.32. The second kappa shape index (κ2) is 8.97. The van der Waals surface area contributed by atoms with Crippen molar-refractivity contribution in [3.05, 3.63) is 29.8 Å². The number of carboxylic acid groups (broad SMARTS) is 1. The number of carboxylic acids is 1. The van der Waals surface area contributed by atoms with Gasteiger partial charge in [0.05, 0.1) is 19.1 Å². The lowest BCUT2D eigenvalue weighted by Gasteiger charge is -2.11. The highest BCUT2D eigenvalue weighted by Crippen LogP contribution is 2.15. The van der Waals surface area contributed by atoms with E-state index in [1.807, 2.05) is 38.1 Å². The molecule has 0 aromatic heterocycles. The molecule has 0 atom stereocenters. The third-order valence-corrected chi connectivity index (χ3v) is 2.43. The van der Waals surface area contributed by atoms with Crippen molar-refractivity contribution < 1.29 is 24.2 Å². The van der Waals surface area contributed by atoms with Crippen molar-refractivity contribution in [3.63, 3.8) is 0 Å². The third kappa shape index (κ3) is 7.94. The van der Waals surface area contributed by atoms with Gasteiger partial charge in [0.15, 0.2) is 0 Å². The molecule has 0 unspecified atom stereocenters. The van der Waals surface area contributed by atoms with Crippen LogP contribution < -0.4 is 10.1 Å². The maximum Gasteiger partial charge on any atom is 0.329 e. The highest BCUT2D eigenvalue weighted by molar-refractivity contribution is 5.78. The molecule has 2 N–H and O–H groups in total. The molecule has 6 nitrogen and oxygen atoms in total. The van der Waals surface area contributed by atoms with Gasteiger partial charge in [-0.3, -0.25) is 4.79 Å². The van der Waals surface area contributed by atoms with Crippen LogP contribution in [0, 0.1) is 0 Å². The predicted octanol–water partition coefficient (Wildman–Crippen LogP) is 1.23. The van der Waals surface area contributed by atoms with Gasteiger partial charge in [0.2, 0.25) is 5.91 Å². The van der Waals surface area contributed by atoms with Gasteiger partial charge < -0.3 is 19.9 Å². The van der Waals surface area contributed by atoms with Crippen LogP contribution in [0.5, 0.6) is 5.75 Å². The van der Waals surface area contributed by atoms with E-state index in [1.165, 1.54) is 0 Å². The highest BCUT2D eigenvalue weighted by Gasteiger charge is 2.05. The minimum Gasteiger partial charge on any atom is -0.491 e. The molecule has 0 fully saturated rings. The van der Waals surface area contributed by atoms with E-state index >= 15 is 0 Å². The summed E-state index contributed by atoms with van der Waals surface area (Å²) in [4.78, 5) is 21.9. The zero-order valence-corrected chi connectivity index (χ0v) is 12.3. The Morgan fingerprint density at radius 1 is 1.33 bits per heavy atom. The van der Waals surface area contributed by atoms with Crippen molar-refractivity contribution >= 4 is 11.9 Å². The lowest BCUT2D eigenvalue weighted by molar-refractivity contribution is -0.142. The molecule has 0 aliphatic carbocycles. The van der Waals surface area contributed by atoms with Crippen LogP contribution in [0.3, 0.4) is 0 Å². The van der Waals surface area contributed by atoms with Crippen LogP contribution in [-0.4, -0.2) is 42.8 Å². The summed E-state index contributed by atoms with van der Waals surface area (Å²) in [7, 11) is 0. The molecule has 0 heterocycles. The van der Waals surface area contributed by atoms with Crippen molar-refractivity contribution in [3.8, 4) is 5.75 Å². The lowest BCUT2D eigenvalue weighted by atomic mass is 10.1. The number of hydrogen-bond donors (Lipinski definition) is 2. The van der Waals surface area contributed by atoms with E-state index in [0.29, 0.717) is 0 Å². The fourth-order valence-electron chi connectivity index (χ4n) is 1.67. The molecule has 0 saturated heterocycles. The summed E-state index contributed by atoms with van der Waals surface area (Å²) in [6, 6.07) is 7.38. The molecule has 0 bridgehead atoms. The number of benzene rings is 1. The summed E-state index contributed by atoms with van der Waals surface area (Å²) in [5, 5.41) is 11.0. The van der Waals surface area contributed by atoms with Gasteiger partial charge in [-0.2, -0.15) is 0 Å². The monoisotopic (exact) mass is 295 g/mol. The Morgan fingerprint density at radius 3 is 2.76 bits per heavy atom. The molecule has 0 aliphatic heterocycles. The minimum atomic E-state index is -1.02. The lowest BCUT2D eigenvalue weighted by Crippen LogP contribution is -2.29. The summed E-state index contributed by atoms with van der Waals surface area (Å²) in [5.41, 5.74) is 0.858. The number of aliphatic carboxylic acids is 1. The summed E-state index contributed by atoms with van der Waals surface area (Å²) in [6.07, 6.45) is 0.328. The molecular formula is C15H21NO5. The first-order chi connectivity index (χ1) is 9.97. The minimum absolute atomic E-state index is 0.0838. The number of hydrogen-bond acceptors (Lipinski definition) is 4. The zero-order chi connectivity index (χ0) is 15.7. The molecule has 1 aromatic carbocycles. The van der Waals surface area contributed by atoms with Gasteiger partial charge in [0.25, 0.3) is 0 Å². The van der Waals surface area contributed by atoms with Gasteiger partial charge in [0, 0.05) is 6.54 Å². The summed E-state index contributed by atoms with van der Waals surface area (Å²) >= 11 is 0. The molecule has 116 valence electrons. The van der Waals surface area contributed by atoms with Gasteiger partial charge in [0.1, 0.15) is 12.4 Å². The number of ether oxygens (including phenoxy) is 2. The number of nitrogens with one attached hydrogen (secondary N) is 1. The molecule has 0 aliphatic rings. The predicted molar refractivity (Wildman–Crippen MR) is 77.4 cm³/mol. The normalized spacial score (nSPS) is 10.4. The molecule has 0 saturated carbocycles. The third-order valence-electron chi connectivity index (χ3n) is 2.43. The Kier molecular flexibility index (Phi) is 7.25. The molecule has 0 spiro atoms. The Labute approximate surface area is 124 Å². The van der Waals surface area contributed by atoms with E-state index in [1.54, 1.807) is 0 Å². The van der Waals surface area contributed by atoms with Gasteiger partial charge in [-0.15, -0.1) is 0 Å². The zero-order valence-electron chi connectivity index (χ0n) is 12.3. The Bertz CT molecular complexity index is 473. The van der Waals surface area contributed by atoms with Crippen molar-refractivity contribution in [2.24, 2.45) is 0 Å². The molecule has 1 aromatic rings. The standard InChI is InChI=1S/C15H21NO5/c1-11(2)21-13-5-3-4-12(8-13)9-14(17)16-6-7-20-10-15(18)19/h3-5,8,11H,6-7,9-10H2,1-2H3,(H,16,17)(H,18,19). The van der Waals surface area contributed by atoms with Crippen LogP contribution in [0.15, 0.2) is 24.3 Å². The number of carbonyl (C=O) groups is 2. The quantitative estimate of drug-likeness (QED) is 0.669. The molecular weight excluding hydrogens is 274 g/mol. The van der Waals surface area contributed by atoms with Crippen LogP contribution in [0.2, 0.25) is 0 Å². The van der Waals surface area contributed by atoms with Gasteiger partial charge in [-0.25, -0.2) is 4.79 Å². The maximum absolute atomic E-state index is 11.7. The number of rotatable bonds is 9. The highest BCUT2D eigenvalue weighted by atomic mass is 16.5. The number of carbonyl (C=O) groups excluding carboxylic acids is 1. The van der Waals surface area contributed by atoms with E-state index < -0.39 is 5.97 Å². The average Bonchev–Trinajstić information content (AvgIpc) is 2.37. The van der Waals surface area contributed by atoms with E-state index in [0.717, 1.165) is 11.3 Å². The summed E-state index contributed by atoms with van der Waals surface area (Å²) in [6.45, 7) is 3.99. The molecule has 21 heavy (non-hydrogen) atoms. The van der Waals surface area contributed by atoms with Gasteiger partial charge in [-0.05, 0) is 31.5 Å². The largest absolute Gasteiger partial charge is 0.491 e. The fourth-order valence-corrected chi connectivity index (χ4v) is 1.67. The van der Waals surface area contributed by atoms with E-state index in [2.05, 4.69) is 5.32 Å². The van der Waals surface area contributed by atoms with Crippen LogP contribution in [-0.2, 0) is 20.7 Å². The van der Waals surface area contributed by atoms with Gasteiger partial charge in [-0.1, -0.05) is 12.1 Å². The summed E-state index contributed by atoms with van der Waals surface area (Å²) in [5.74, 6) is -0.431. The average molecular weight is 295 g/mol. The number of amides is 1. The van der Waals surface area contributed by atoms with E-state index in [4.69, 9.17) is 14.6 Å². The molecule has 0 radical (unpaired) electrons. The SMILES string of the molecule is CC(C)Oc1cccc(CC(=O)NCCOCC(=O)O)c1. The van der Waals surface area contributed by atoms with Crippen LogP contribution in [0.1, 0.15) is 19.4 Å². The summed E-state index contributed by atoms with van der Waals surface area (Å²) < 4.78 is 10.4. The first kappa shape index (κ1) is 17.0. The van der Waals surface area contributed by atoms with Crippen LogP contribution in [0.25, 0.3) is 0 Å². The smallest absolute Gasteiger partial charge is 0.329 e. The van der Waals surface area contributed by atoms with Gasteiger partial charge >= 0.3 is 5.97 Å². The van der Waals surface area contributed by atoms with Crippen molar-refractivity contribution in [1.29, 1.82) is 0 Å². The van der Waals surface area contributed by atoms with E-state index in [-0.39, 0.29) is 38.2 Å². The first-order valence-corrected chi connectivity index (χ1v) is 6.79. The molecule has 1 amide bonds. The van der Waals surface area contributed by atoms with Crippen molar-refractivity contribution in [1.82, 2.24) is 5.32 Å². The maximum atomic E-state index is 11.7. The fraction of sp³-hybridized carbons (Fsp3) is 0.467. The Hall–Kier alpha value is -2.08. The Morgan fingerprint density at radius 2 is 2.10 bits per heavy atom. The van der Waals surface area contributed by atoms with E-state index in [9.17, 15) is 9.59 Å².